The van der Waals surface area contributed by atoms with Gasteiger partial charge in [-0.1, -0.05) is 18.7 Å². The van der Waals surface area contributed by atoms with Gasteiger partial charge in [0.2, 0.25) is 0 Å². The molecule has 0 spiro atoms. The SMILES string of the molecule is C=C(C#N)CN1Cc2c(-c3ccn4ncc(-c5cccs5)c4c3)ccc(N)c2C1=O. The van der Waals surface area contributed by atoms with E-state index in [0.717, 1.165) is 32.6 Å². The van der Waals surface area contributed by atoms with E-state index in [1.165, 1.54) is 0 Å². The van der Waals surface area contributed by atoms with Crippen LogP contribution in [-0.2, 0) is 6.54 Å². The van der Waals surface area contributed by atoms with Crippen LogP contribution in [0.2, 0.25) is 0 Å². The maximum atomic E-state index is 12.9. The fourth-order valence-corrected chi connectivity index (χ4v) is 4.68. The van der Waals surface area contributed by atoms with Crippen LogP contribution in [0.5, 0.6) is 0 Å². The van der Waals surface area contributed by atoms with Gasteiger partial charge < -0.3 is 10.6 Å². The molecule has 3 aromatic heterocycles. The number of nitrogens with zero attached hydrogens (tertiary/aromatic N) is 4. The molecule has 0 fully saturated rings. The van der Waals surface area contributed by atoms with Gasteiger partial charge in [0.25, 0.3) is 5.91 Å². The Morgan fingerprint density at radius 3 is 2.93 bits per heavy atom. The number of nitrogens with two attached hydrogens (primary N) is 1. The Kier molecular flexibility index (Phi) is 4.16. The van der Waals surface area contributed by atoms with E-state index in [1.54, 1.807) is 22.3 Å². The molecule has 1 aliphatic rings. The quantitative estimate of drug-likeness (QED) is 0.399. The molecule has 2 N–H and O–H groups in total. The standard InChI is InChI=1S/C23H17N5OS/c1-14(10-24)12-27-13-18-16(4-5-19(25)22(18)23(27)29)15-6-7-28-20(9-15)17(11-26-28)21-3-2-8-30-21/h2-9,11H,1,12-13,25H2. The normalized spacial score (nSPS) is 12.9. The Labute approximate surface area is 177 Å². The van der Waals surface area contributed by atoms with E-state index in [4.69, 9.17) is 11.0 Å². The first-order valence-corrected chi connectivity index (χ1v) is 10.2. The number of aromatic nitrogens is 2. The highest BCUT2D eigenvalue weighted by molar-refractivity contribution is 7.13. The minimum absolute atomic E-state index is 0.162. The maximum absolute atomic E-state index is 12.9. The van der Waals surface area contributed by atoms with E-state index >= 15 is 0 Å². The molecule has 4 aromatic rings. The highest BCUT2D eigenvalue weighted by Gasteiger charge is 2.32. The molecule has 0 saturated carbocycles. The highest BCUT2D eigenvalue weighted by Crippen LogP contribution is 2.38. The fraction of sp³-hybridized carbons (Fsp3) is 0.0870. The van der Waals surface area contributed by atoms with Crippen molar-refractivity contribution in [1.82, 2.24) is 14.5 Å². The van der Waals surface area contributed by atoms with Gasteiger partial charge in [0.1, 0.15) is 0 Å². The zero-order chi connectivity index (χ0) is 20.8. The number of benzene rings is 1. The number of carbonyl (C=O) groups excluding carboxylic acids is 1. The first-order chi connectivity index (χ1) is 14.6. The third-order valence-electron chi connectivity index (χ3n) is 5.35. The Balaban J connectivity index is 1.62. The van der Waals surface area contributed by atoms with Gasteiger partial charge in [-0.2, -0.15) is 10.4 Å². The smallest absolute Gasteiger partial charge is 0.256 e. The van der Waals surface area contributed by atoms with Crippen LogP contribution in [-0.4, -0.2) is 27.0 Å². The van der Waals surface area contributed by atoms with Crippen molar-refractivity contribution in [2.24, 2.45) is 0 Å². The number of rotatable bonds is 4. The van der Waals surface area contributed by atoms with E-state index in [9.17, 15) is 4.79 Å². The number of amides is 1. The number of fused-ring (bicyclic) bond motifs is 2. The average molecular weight is 411 g/mol. The summed E-state index contributed by atoms with van der Waals surface area (Å²) in [5, 5.41) is 15.6. The van der Waals surface area contributed by atoms with Crippen molar-refractivity contribution in [2.45, 2.75) is 6.54 Å². The summed E-state index contributed by atoms with van der Waals surface area (Å²) < 4.78 is 1.85. The van der Waals surface area contributed by atoms with Gasteiger partial charge in [-0.3, -0.25) is 4.79 Å². The van der Waals surface area contributed by atoms with Gasteiger partial charge >= 0.3 is 0 Å². The first-order valence-electron chi connectivity index (χ1n) is 9.37. The molecule has 0 unspecified atom stereocenters. The van der Waals surface area contributed by atoms with Crippen LogP contribution in [0.15, 0.2) is 66.3 Å². The number of anilines is 1. The van der Waals surface area contributed by atoms with Crippen LogP contribution >= 0.6 is 11.3 Å². The first kappa shape index (κ1) is 18.2. The maximum Gasteiger partial charge on any atom is 0.256 e. The Bertz CT molecular complexity index is 1360. The molecule has 0 atom stereocenters. The zero-order valence-electron chi connectivity index (χ0n) is 16.0. The summed E-state index contributed by atoms with van der Waals surface area (Å²) >= 11 is 1.67. The van der Waals surface area contributed by atoms with Gasteiger partial charge in [0.15, 0.2) is 0 Å². The van der Waals surface area contributed by atoms with Crippen molar-refractivity contribution >= 4 is 28.4 Å². The summed E-state index contributed by atoms with van der Waals surface area (Å²) in [5.41, 5.74) is 12.4. The van der Waals surface area contributed by atoms with E-state index in [1.807, 2.05) is 46.6 Å². The summed E-state index contributed by atoms with van der Waals surface area (Å²) in [7, 11) is 0. The topological polar surface area (TPSA) is 87.4 Å². The van der Waals surface area contributed by atoms with Crippen molar-refractivity contribution < 1.29 is 4.79 Å². The number of nitriles is 1. The molecular weight excluding hydrogens is 394 g/mol. The lowest BCUT2D eigenvalue weighted by Crippen LogP contribution is -2.26. The molecule has 146 valence electrons. The number of pyridine rings is 1. The summed E-state index contributed by atoms with van der Waals surface area (Å²) in [6.45, 7) is 4.31. The molecule has 1 amide bonds. The van der Waals surface area contributed by atoms with Crippen molar-refractivity contribution in [1.29, 1.82) is 5.26 Å². The van der Waals surface area contributed by atoms with Crippen molar-refractivity contribution in [3.8, 4) is 27.6 Å². The third-order valence-corrected chi connectivity index (χ3v) is 6.26. The second-order valence-corrected chi connectivity index (χ2v) is 8.16. The Hall–Kier alpha value is -3.89. The van der Waals surface area contributed by atoms with Crippen LogP contribution in [0.25, 0.3) is 27.1 Å². The molecule has 30 heavy (non-hydrogen) atoms. The summed E-state index contributed by atoms with van der Waals surface area (Å²) in [6.07, 6.45) is 3.80. The highest BCUT2D eigenvalue weighted by atomic mass is 32.1. The number of nitrogen functional groups attached to an aromatic ring is 1. The third kappa shape index (κ3) is 2.78. The van der Waals surface area contributed by atoms with Crippen molar-refractivity contribution in [3.63, 3.8) is 0 Å². The Morgan fingerprint density at radius 2 is 2.17 bits per heavy atom. The summed E-state index contributed by atoms with van der Waals surface area (Å²) in [6, 6.07) is 13.9. The molecule has 1 aliphatic heterocycles. The molecule has 0 radical (unpaired) electrons. The number of thiophene rings is 1. The van der Waals surface area contributed by atoms with Crippen LogP contribution in [0.3, 0.4) is 0 Å². The summed E-state index contributed by atoms with van der Waals surface area (Å²) in [5.74, 6) is -0.162. The molecule has 0 saturated heterocycles. The minimum atomic E-state index is -0.162. The van der Waals surface area contributed by atoms with Crippen LogP contribution in [0.4, 0.5) is 5.69 Å². The number of carbonyl (C=O) groups is 1. The van der Waals surface area contributed by atoms with Gasteiger partial charge in [-0.05, 0) is 46.3 Å². The van der Waals surface area contributed by atoms with Crippen molar-refractivity contribution in [3.05, 3.63) is 77.5 Å². The molecule has 7 heteroatoms. The van der Waals surface area contributed by atoms with Crippen LogP contribution in [0.1, 0.15) is 15.9 Å². The molecule has 1 aromatic carbocycles. The van der Waals surface area contributed by atoms with E-state index in [2.05, 4.69) is 23.8 Å². The number of hydrogen-bond donors (Lipinski definition) is 1. The molecule has 0 aliphatic carbocycles. The average Bonchev–Trinajstić information content (AvgIpc) is 3.47. The second-order valence-electron chi connectivity index (χ2n) is 7.21. The van der Waals surface area contributed by atoms with Crippen molar-refractivity contribution in [2.75, 3.05) is 12.3 Å². The molecular formula is C23H17N5OS. The fourth-order valence-electron chi connectivity index (χ4n) is 3.94. The number of hydrogen-bond acceptors (Lipinski definition) is 5. The van der Waals surface area contributed by atoms with Gasteiger partial charge in [0.05, 0.1) is 29.9 Å². The largest absolute Gasteiger partial charge is 0.398 e. The van der Waals surface area contributed by atoms with Gasteiger partial charge in [0, 0.05) is 34.4 Å². The Morgan fingerprint density at radius 1 is 1.30 bits per heavy atom. The zero-order valence-corrected chi connectivity index (χ0v) is 16.8. The summed E-state index contributed by atoms with van der Waals surface area (Å²) in [4.78, 5) is 15.7. The molecule has 6 nitrogen and oxygen atoms in total. The van der Waals surface area contributed by atoms with E-state index in [0.29, 0.717) is 23.4 Å². The second kappa shape index (κ2) is 6.87. The molecule has 5 rings (SSSR count). The van der Waals surface area contributed by atoms with E-state index < -0.39 is 0 Å². The minimum Gasteiger partial charge on any atom is -0.398 e. The predicted octanol–water partition coefficient (Wildman–Crippen LogP) is 4.35. The van der Waals surface area contributed by atoms with Crippen LogP contribution < -0.4 is 5.73 Å². The monoisotopic (exact) mass is 411 g/mol. The lowest BCUT2D eigenvalue weighted by molar-refractivity contribution is 0.0794. The van der Waals surface area contributed by atoms with Crippen LogP contribution in [0, 0.1) is 11.3 Å². The van der Waals surface area contributed by atoms with Gasteiger partial charge in [-0.15, -0.1) is 11.3 Å². The lowest BCUT2D eigenvalue weighted by Gasteiger charge is -2.14. The molecule has 4 heterocycles. The van der Waals surface area contributed by atoms with Gasteiger partial charge in [-0.25, -0.2) is 4.52 Å². The van der Waals surface area contributed by atoms with E-state index in [-0.39, 0.29) is 12.5 Å². The lowest BCUT2D eigenvalue weighted by atomic mass is 9.96. The molecule has 0 bridgehead atoms. The predicted molar refractivity (Wildman–Crippen MR) is 118 cm³/mol.